The average Bonchev–Trinajstić information content (AvgIpc) is 2.49. The van der Waals surface area contributed by atoms with E-state index in [4.69, 9.17) is 0 Å². The monoisotopic (exact) mass is 253 g/mol. The molecule has 1 nitrogen and oxygen atoms in total. The molecular weight excluding hydrogens is 230 g/mol. The van der Waals surface area contributed by atoms with Crippen molar-refractivity contribution in [1.82, 2.24) is 0 Å². The highest BCUT2D eigenvalue weighted by Gasteiger charge is 2.01. The molecule has 0 bridgehead atoms. The van der Waals surface area contributed by atoms with E-state index in [-0.39, 0.29) is 0 Å². The van der Waals surface area contributed by atoms with Crippen molar-refractivity contribution in [3.63, 3.8) is 0 Å². The second-order valence-corrected chi connectivity index (χ2v) is 4.82. The maximum absolute atomic E-state index is 2.38. The van der Waals surface area contributed by atoms with Crippen LogP contribution < -0.4 is 4.90 Å². The van der Waals surface area contributed by atoms with Gasteiger partial charge < -0.3 is 4.90 Å². The van der Waals surface area contributed by atoms with Crippen LogP contribution in [0.1, 0.15) is 25.0 Å². The minimum Gasteiger partial charge on any atom is -0.372 e. The van der Waals surface area contributed by atoms with E-state index in [2.05, 4.69) is 73.3 Å². The van der Waals surface area contributed by atoms with Gasteiger partial charge in [-0.1, -0.05) is 42.5 Å². The number of benzene rings is 2. The van der Waals surface area contributed by atoms with E-state index in [1.807, 2.05) is 0 Å². The standard InChI is InChI=1S/C18H23N/c1-3-19(4-2)18-14-12-17(13-15-18)11-10-16-8-6-5-7-9-16/h5-9,12-15H,3-4,10-11H2,1-2H3. The molecule has 0 unspecified atom stereocenters. The van der Waals surface area contributed by atoms with E-state index in [1.165, 1.54) is 16.8 Å². The summed E-state index contributed by atoms with van der Waals surface area (Å²) in [5.74, 6) is 0. The summed E-state index contributed by atoms with van der Waals surface area (Å²) in [6.45, 7) is 6.54. The molecule has 0 aliphatic rings. The normalized spacial score (nSPS) is 10.4. The predicted octanol–water partition coefficient (Wildman–Crippen LogP) is 4.32. The van der Waals surface area contributed by atoms with Crippen LogP contribution in [0.3, 0.4) is 0 Å². The predicted molar refractivity (Wildman–Crippen MR) is 83.9 cm³/mol. The molecule has 0 saturated heterocycles. The SMILES string of the molecule is CCN(CC)c1ccc(CCc2ccccc2)cc1. The fourth-order valence-electron chi connectivity index (χ4n) is 2.40. The van der Waals surface area contributed by atoms with Crippen molar-refractivity contribution in [2.75, 3.05) is 18.0 Å². The van der Waals surface area contributed by atoms with Crippen LogP contribution in [0, 0.1) is 0 Å². The van der Waals surface area contributed by atoms with Gasteiger partial charge in [-0.05, 0) is 49.9 Å². The van der Waals surface area contributed by atoms with E-state index in [1.54, 1.807) is 0 Å². The lowest BCUT2D eigenvalue weighted by molar-refractivity contribution is 0.864. The fourth-order valence-corrected chi connectivity index (χ4v) is 2.40. The molecule has 0 atom stereocenters. The first-order valence-corrected chi connectivity index (χ1v) is 7.21. The summed E-state index contributed by atoms with van der Waals surface area (Å²) in [6, 6.07) is 19.7. The highest BCUT2D eigenvalue weighted by Crippen LogP contribution is 2.16. The van der Waals surface area contributed by atoms with E-state index < -0.39 is 0 Å². The summed E-state index contributed by atoms with van der Waals surface area (Å²) in [4.78, 5) is 2.38. The number of anilines is 1. The maximum atomic E-state index is 2.38. The van der Waals surface area contributed by atoms with Crippen LogP contribution in [-0.4, -0.2) is 13.1 Å². The molecule has 0 amide bonds. The number of aryl methyl sites for hydroxylation is 2. The topological polar surface area (TPSA) is 3.24 Å². The average molecular weight is 253 g/mol. The lowest BCUT2D eigenvalue weighted by Crippen LogP contribution is -2.21. The third kappa shape index (κ3) is 3.85. The van der Waals surface area contributed by atoms with Crippen molar-refractivity contribution in [2.45, 2.75) is 26.7 Å². The largest absolute Gasteiger partial charge is 0.372 e. The Labute approximate surface area is 116 Å². The van der Waals surface area contributed by atoms with Gasteiger partial charge in [-0.2, -0.15) is 0 Å². The second-order valence-electron chi connectivity index (χ2n) is 4.82. The summed E-state index contributed by atoms with van der Waals surface area (Å²) < 4.78 is 0. The lowest BCUT2D eigenvalue weighted by atomic mass is 10.0. The summed E-state index contributed by atoms with van der Waals surface area (Å²) >= 11 is 0. The van der Waals surface area contributed by atoms with Gasteiger partial charge in [0.1, 0.15) is 0 Å². The maximum Gasteiger partial charge on any atom is 0.0366 e. The van der Waals surface area contributed by atoms with Crippen molar-refractivity contribution in [1.29, 1.82) is 0 Å². The minimum atomic E-state index is 1.07. The Morgan fingerprint density at radius 3 is 1.74 bits per heavy atom. The molecule has 0 aliphatic carbocycles. The summed E-state index contributed by atoms with van der Waals surface area (Å²) in [7, 11) is 0. The van der Waals surface area contributed by atoms with Gasteiger partial charge in [0.05, 0.1) is 0 Å². The van der Waals surface area contributed by atoms with Gasteiger partial charge in [0.15, 0.2) is 0 Å². The highest BCUT2D eigenvalue weighted by molar-refractivity contribution is 5.47. The summed E-state index contributed by atoms with van der Waals surface area (Å²) in [6.07, 6.45) is 2.23. The molecule has 0 aromatic heterocycles. The Balaban J connectivity index is 1.95. The zero-order chi connectivity index (χ0) is 13.5. The molecule has 0 saturated carbocycles. The van der Waals surface area contributed by atoms with E-state index in [0.717, 1.165) is 25.9 Å². The van der Waals surface area contributed by atoms with Crippen molar-refractivity contribution >= 4 is 5.69 Å². The van der Waals surface area contributed by atoms with Gasteiger partial charge >= 0.3 is 0 Å². The van der Waals surface area contributed by atoms with Crippen LogP contribution >= 0.6 is 0 Å². The Morgan fingerprint density at radius 1 is 0.684 bits per heavy atom. The van der Waals surface area contributed by atoms with Crippen molar-refractivity contribution in [2.24, 2.45) is 0 Å². The molecule has 2 aromatic rings. The molecule has 0 radical (unpaired) electrons. The Bertz CT molecular complexity index is 469. The molecule has 2 rings (SSSR count). The van der Waals surface area contributed by atoms with Crippen molar-refractivity contribution < 1.29 is 0 Å². The Kier molecular flexibility index (Phi) is 5.02. The Hall–Kier alpha value is -1.76. The van der Waals surface area contributed by atoms with Crippen LogP contribution in [0.4, 0.5) is 5.69 Å². The Morgan fingerprint density at radius 2 is 1.21 bits per heavy atom. The third-order valence-corrected chi connectivity index (χ3v) is 3.61. The quantitative estimate of drug-likeness (QED) is 0.741. The molecule has 2 aromatic carbocycles. The van der Waals surface area contributed by atoms with Crippen LogP contribution in [0.25, 0.3) is 0 Å². The molecule has 0 heterocycles. The van der Waals surface area contributed by atoms with Gasteiger partial charge in [-0.3, -0.25) is 0 Å². The van der Waals surface area contributed by atoms with Crippen molar-refractivity contribution in [3.05, 3.63) is 65.7 Å². The van der Waals surface area contributed by atoms with Crippen LogP contribution in [0.2, 0.25) is 0 Å². The molecular formula is C18H23N. The van der Waals surface area contributed by atoms with Crippen LogP contribution in [0.15, 0.2) is 54.6 Å². The molecule has 0 spiro atoms. The van der Waals surface area contributed by atoms with Crippen molar-refractivity contribution in [3.8, 4) is 0 Å². The number of nitrogens with zero attached hydrogens (tertiary/aromatic N) is 1. The molecule has 0 N–H and O–H groups in total. The molecule has 1 heteroatoms. The first-order valence-electron chi connectivity index (χ1n) is 7.21. The fraction of sp³-hybridized carbons (Fsp3) is 0.333. The molecule has 19 heavy (non-hydrogen) atoms. The van der Waals surface area contributed by atoms with Gasteiger partial charge in [0.25, 0.3) is 0 Å². The zero-order valence-corrected chi connectivity index (χ0v) is 12.0. The number of hydrogen-bond donors (Lipinski definition) is 0. The van der Waals surface area contributed by atoms with Gasteiger partial charge in [0, 0.05) is 18.8 Å². The van der Waals surface area contributed by atoms with E-state index in [9.17, 15) is 0 Å². The molecule has 0 aliphatic heterocycles. The summed E-state index contributed by atoms with van der Waals surface area (Å²) in [5.41, 5.74) is 4.16. The number of hydrogen-bond acceptors (Lipinski definition) is 1. The first-order chi connectivity index (χ1) is 9.33. The van der Waals surface area contributed by atoms with Crippen LogP contribution in [0.5, 0.6) is 0 Å². The van der Waals surface area contributed by atoms with Gasteiger partial charge in [-0.15, -0.1) is 0 Å². The zero-order valence-electron chi connectivity index (χ0n) is 12.0. The smallest absolute Gasteiger partial charge is 0.0366 e. The molecule has 100 valence electrons. The van der Waals surface area contributed by atoms with E-state index >= 15 is 0 Å². The molecule has 0 fully saturated rings. The minimum absolute atomic E-state index is 1.07. The third-order valence-electron chi connectivity index (χ3n) is 3.61. The first kappa shape index (κ1) is 13.7. The van der Waals surface area contributed by atoms with Gasteiger partial charge in [0.2, 0.25) is 0 Å². The van der Waals surface area contributed by atoms with E-state index in [0.29, 0.717) is 0 Å². The lowest BCUT2D eigenvalue weighted by Gasteiger charge is -2.21. The highest BCUT2D eigenvalue weighted by atomic mass is 15.1. The van der Waals surface area contributed by atoms with Crippen LogP contribution in [-0.2, 0) is 12.8 Å². The summed E-state index contributed by atoms with van der Waals surface area (Å²) in [5, 5.41) is 0. The van der Waals surface area contributed by atoms with Gasteiger partial charge in [-0.25, -0.2) is 0 Å². The number of rotatable bonds is 6. The second kappa shape index (κ2) is 6.98.